The predicted octanol–water partition coefficient (Wildman–Crippen LogP) is 3.85. The van der Waals surface area contributed by atoms with Crippen LogP contribution in [0.3, 0.4) is 0 Å². The van der Waals surface area contributed by atoms with Crippen molar-refractivity contribution in [1.82, 2.24) is 5.32 Å². The number of hydrogen-bond acceptors (Lipinski definition) is 4. The number of sulfone groups is 1. The van der Waals surface area contributed by atoms with Crippen molar-refractivity contribution in [1.29, 1.82) is 0 Å². The maximum absolute atomic E-state index is 13.0. The monoisotopic (exact) mass is 392 g/mol. The van der Waals surface area contributed by atoms with Gasteiger partial charge in [0.1, 0.15) is 6.54 Å². The molecule has 5 nitrogen and oxygen atoms in total. The molecule has 1 amide bonds. The summed E-state index contributed by atoms with van der Waals surface area (Å²) in [5, 5.41) is 3.00. The van der Waals surface area contributed by atoms with Crippen LogP contribution in [0.1, 0.15) is 18.5 Å². The highest BCUT2D eigenvalue weighted by Gasteiger charge is 2.34. The largest absolute Gasteiger partial charge is 0.348 e. The Morgan fingerprint density at radius 2 is 1.36 bits per heavy atom. The first-order valence-corrected chi connectivity index (χ1v) is 10.5. The summed E-state index contributed by atoms with van der Waals surface area (Å²) in [6, 6.07) is 23.1. The van der Waals surface area contributed by atoms with Gasteiger partial charge in [0.2, 0.25) is 15.7 Å². The van der Waals surface area contributed by atoms with Crippen LogP contribution in [0.25, 0.3) is 0 Å². The van der Waals surface area contributed by atoms with E-state index in [0.717, 1.165) is 5.56 Å². The highest BCUT2D eigenvalue weighted by molar-refractivity contribution is 7.92. The lowest BCUT2D eigenvalue weighted by molar-refractivity contribution is -0.120. The van der Waals surface area contributed by atoms with Gasteiger partial charge in [0.25, 0.3) is 0 Å². The standard InChI is InChI=1S/C22H20N2O3S/c1-16(17-9-3-2-4-10-17)23-22(25)15-24-18-11-5-7-13-20(18)28(26,27)21-14-8-6-12-19(21)24/h2-14,16H,15H2,1H3,(H,23,25). The second-order valence-electron chi connectivity index (χ2n) is 6.72. The van der Waals surface area contributed by atoms with Crippen molar-refractivity contribution < 1.29 is 13.2 Å². The van der Waals surface area contributed by atoms with E-state index in [0.29, 0.717) is 11.4 Å². The summed E-state index contributed by atoms with van der Waals surface area (Å²) in [6.07, 6.45) is 0. The summed E-state index contributed by atoms with van der Waals surface area (Å²) in [7, 11) is -3.61. The molecule has 3 aromatic rings. The molecule has 0 aromatic heterocycles. The minimum absolute atomic E-state index is 0.0285. The van der Waals surface area contributed by atoms with Crippen molar-refractivity contribution in [3.63, 3.8) is 0 Å². The molecular weight excluding hydrogens is 372 g/mol. The number of fused-ring (bicyclic) bond motifs is 2. The summed E-state index contributed by atoms with van der Waals surface area (Å²) in [4.78, 5) is 15.0. The molecule has 28 heavy (non-hydrogen) atoms. The first-order chi connectivity index (χ1) is 13.5. The third kappa shape index (κ3) is 3.16. The molecule has 0 saturated carbocycles. The van der Waals surface area contributed by atoms with E-state index >= 15 is 0 Å². The number of benzene rings is 3. The van der Waals surface area contributed by atoms with Crippen molar-refractivity contribution in [2.24, 2.45) is 0 Å². The fraction of sp³-hybridized carbons (Fsp3) is 0.136. The van der Waals surface area contributed by atoms with Crippen LogP contribution in [0.4, 0.5) is 11.4 Å². The number of hydrogen-bond donors (Lipinski definition) is 1. The molecule has 0 aliphatic carbocycles. The fourth-order valence-electron chi connectivity index (χ4n) is 3.49. The molecule has 1 N–H and O–H groups in total. The van der Waals surface area contributed by atoms with Crippen molar-refractivity contribution >= 4 is 27.1 Å². The van der Waals surface area contributed by atoms with Gasteiger partial charge in [0, 0.05) is 0 Å². The zero-order valence-corrected chi connectivity index (χ0v) is 16.2. The Bertz CT molecular complexity index is 1070. The number of nitrogens with one attached hydrogen (secondary N) is 1. The van der Waals surface area contributed by atoms with E-state index in [1.165, 1.54) is 0 Å². The van der Waals surface area contributed by atoms with Gasteiger partial charge in [-0.05, 0) is 36.8 Å². The Hall–Kier alpha value is -3.12. The van der Waals surface area contributed by atoms with Crippen LogP contribution >= 0.6 is 0 Å². The van der Waals surface area contributed by atoms with E-state index in [-0.39, 0.29) is 28.3 Å². The Kier molecular flexibility index (Phi) is 4.65. The topological polar surface area (TPSA) is 66.5 Å². The molecule has 6 heteroatoms. The van der Waals surface area contributed by atoms with Crippen molar-refractivity contribution in [3.8, 4) is 0 Å². The Balaban J connectivity index is 1.66. The first kappa shape index (κ1) is 18.3. The molecule has 1 heterocycles. The molecule has 1 unspecified atom stereocenters. The minimum atomic E-state index is -3.61. The highest BCUT2D eigenvalue weighted by atomic mass is 32.2. The molecule has 3 aromatic carbocycles. The van der Waals surface area contributed by atoms with E-state index in [1.807, 2.05) is 37.3 Å². The number of para-hydroxylation sites is 2. The maximum Gasteiger partial charge on any atom is 0.240 e. The molecule has 0 fully saturated rings. The Labute approximate surface area is 164 Å². The van der Waals surface area contributed by atoms with Crippen molar-refractivity contribution in [2.45, 2.75) is 22.8 Å². The van der Waals surface area contributed by atoms with E-state index in [4.69, 9.17) is 0 Å². The zero-order chi connectivity index (χ0) is 19.7. The normalized spacial score (nSPS) is 15.2. The third-order valence-electron chi connectivity index (χ3n) is 4.87. The summed E-state index contributed by atoms with van der Waals surface area (Å²) >= 11 is 0. The van der Waals surface area contributed by atoms with E-state index in [1.54, 1.807) is 53.4 Å². The van der Waals surface area contributed by atoms with Crippen LogP contribution in [0, 0.1) is 0 Å². The molecule has 4 rings (SSSR count). The summed E-state index contributed by atoms with van der Waals surface area (Å²) in [5.74, 6) is -0.180. The van der Waals surface area contributed by atoms with Crippen LogP contribution < -0.4 is 10.2 Å². The van der Waals surface area contributed by atoms with Crippen LogP contribution in [-0.4, -0.2) is 20.9 Å². The van der Waals surface area contributed by atoms with E-state index in [9.17, 15) is 13.2 Å². The molecule has 0 radical (unpaired) electrons. The Morgan fingerprint density at radius 3 is 1.93 bits per heavy atom. The molecule has 0 spiro atoms. The van der Waals surface area contributed by atoms with Crippen molar-refractivity contribution in [2.75, 3.05) is 11.4 Å². The number of carbonyl (C=O) groups is 1. The number of rotatable bonds is 4. The van der Waals surface area contributed by atoms with Gasteiger partial charge in [0.15, 0.2) is 0 Å². The molecule has 1 atom stereocenters. The van der Waals surface area contributed by atoms with Gasteiger partial charge in [-0.3, -0.25) is 4.79 Å². The molecule has 1 aliphatic rings. The maximum atomic E-state index is 13.0. The molecular formula is C22H20N2O3S. The lowest BCUT2D eigenvalue weighted by Gasteiger charge is -2.32. The summed E-state index contributed by atoms with van der Waals surface area (Å²) in [6.45, 7) is 1.95. The summed E-state index contributed by atoms with van der Waals surface area (Å²) < 4.78 is 25.9. The quantitative estimate of drug-likeness (QED) is 0.732. The predicted molar refractivity (Wildman–Crippen MR) is 108 cm³/mol. The fourth-order valence-corrected chi connectivity index (χ4v) is 5.15. The van der Waals surface area contributed by atoms with Gasteiger partial charge in [-0.2, -0.15) is 0 Å². The van der Waals surface area contributed by atoms with Gasteiger partial charge < -0.3 is 10.2 Å². The van der Waals surface area contributed by atoms with Crippen LogP contribution in [0.15, 0.2) is 88.7 Å². The van der Waals surface area contributed by atoms with Gasteiger partial charge in [-0.1, -0.05) is 54.6 Å². The van der Waals surface area contributed by atoms with Crippen LogP contribution in [-0.2, 0) is 14.6 Å². The second kappa shape index (κ2) is 7.13. The van der Waals surface area contributed by atoms with Crippen molar-refractivity contribution in [3.05, 3.63) is 84.4 Å². The number of amides is 1. The third-order valence-corrected chi connectivity index (χ3v) is 6.72. The minimum Gasteiger partial charge on any atom is -0.348 e. The zero-order valence-electron chi connectivity index (χ0n) is 15.4. The average Bonchev–Trinajstić information content (AvgIpc) is 2.72. The smallest absolute Gasteiger partial charge is 0.240 e. The van der Waals surface area contributed by atoms with Gasteiger partial charge in [0.05, 0.1) is 27.2 Å². The van der Waals surface area contributed by atoms with Crippen LogP contribution in [0.5, 0.6) is 0 Å². The van der Waals surface area contributed by atoms with Gasteiger partial charge >= 0.3 is 0 Å². The number of nitrogens with zero attached hydrogens (tertiary/aromatic N) is 1. The molecule has 0 saturated heterocycles. The average molecular weight is 392 g/mol. The summed E-state index contributed by atoms with van der Waals surface area (Å²) in [5.41, 5.74) is 2.05. The SMILES string of the molecule is CC(NC(=O)CN1c2ccccc2S(=O)(=O)c2ccccc21)c1ccccc1. The lowest BCUT2D eigenvalue weighted by atomic mass is 10.1. The van der Waals surface area contributed by atoms with E-state index in [2.05, 4.69) is 5.32 Å². The van der Waals surface area contributed by atoms with E-state index < -0.39 is 9.84 Å². The molecule has 142 valence electrons. The highest BCUT2D eigenvalue weighted by Crippen LogP contribution is 2.43. The van der Waals surface area contributed by atoms with Gasteiger partial charge in [-0.25, -0.2) is 8.42 Å². The lowest BCUT2D eigenvalue weighted by Crippen LogP contribution is -2.38. The number of anilines is 2. The van der Waals surface area contributed by atoms with Gasteiger partial charge in [-0.15, -0.1) is 0 Å². The Morgan fingerprint density at radius 1 is 0.857 bits per heavy atom. The van der Waals surface area contributed by atoms with Crippen LogP contribution in [0.2, 0.25) is 0 Å². The number of carbonyl (C=O) groups excluding carboxylic acids is 1. The molecule has 1 aliphatic heterocycles. The second-order valence-corrected chi connectivity index (χ2v) is 8.61. The molecule has 0 bridgehead atoms. The first-order valence-electron chi connectivity index (χ1n) is 9.03.